The Bertz CT molecular complexity index is 787. The first-order valence-electron chi connectivity index (χ1n) is 11.2. The maximum atomic E-state index is 12.2. The van der Waals surface area contributed by atoms with Crippen LogP contribution in [0.15, 0.2) is 23.8 Å². The van der Waals surface area contributed by atoms with Crippen molar-refractivity contribution in [1.29, 1.82) is 0 Å². The summed E-state index contributed by atoms with van der Waals surface area (Å²) in [4.78, 5) is 24.1. The molecule has 0 aromatic carbocycles. The number of rotatable bonds is 1. The SMILES string of the molecule is CC[C@]12CCC3C(CCC4=CC(=O)CC[C@@H]43)C1CC1(CC1)[C@@]21C=CC(=O)O1. The van der Waals surface area contributed by atoms with Crippen molar-refractivity contribution in [3.05, 3.63) is 23.8 Å². The second-order valence-corrected chi connectivity index (χ2v) is 10.3. The smallest absolute Gasteiger partial charge is 0.331 e. The Labute approximate surface area is 161 Å². The van der Waals surface area contributed by atoms with Gasteiger partial charge in [0, 0.05) is 23.3 Å². The molecule has 1 aliphatic heterocycles. The van der Waals surface area contributed by atoms with E-state index in [1.54, 1.807) is 6.08 Å². The molecule has 0 aromatic rings. The zero-order valence-electron chi connectivity index (χ0n) is 16.3. The summed E-state index contributed by atoms with van der Waals surface area (Å²) in [6.45, 7) is 2.34. The molecule has 2 spiro atoms. The number of carbonyl (C=O) groups is 2. The van der Waals surface area contributed by atoms with Crippen LogP contribution < -0.4 is 0 Å². The van der Waals surface area contributed by atoms with E-state index in [0.29, 0.717) is 17.6 Å². The molecule has 27 heavy (non-hydrogen) atoms. The van der Waals surface area contributed by atoms with Gasteiger partial charge in [-0.25, -0.2) is 4.79 Å². The molecule has 0 aromatic heterocycles. The molecule has 3 nitrogen and oxygen atoms in total. The van der Waals surface area contributed by atoms with Gasteiger partial charge in [0.25, 0.3) is 0 Å². The van der Waals surface area contributed by atoms with E-state index in [1.807, 2.05) is 6.08 Å². The Balaban J connectivity index is 1.41. The maximum absolute atomic E-state index is 12.2. The number of ether oxygens (including phenoxy) is 1. The van der Waals surface area contributed by atoms with Crippen molar-refractivity contribution in [1.82, 2.24) is 0 Å². The quantitative estimate of drug-likeness (QED) is 0.629. The summed E-state index contributed by atoms with van der Waals surface area (Å²) < 4.78 is 6.25. The van der Waals surface area contributed by atoms with E-state index in [4.69, 9.17) is 4.74 Å². The van der Waals surface area contributed by atoms with E-state index < -0.39 is 0 Å². The Morgan fingerprint density at radius 2 is 1.93 bits per heavy atom. The lowest BCUT2D eigenvalue weighted by Gasteiger charge is -2.56. The number of esters is 1. The minimum atomic E-state index is -0.319. The zero-order chi connectivity index (χ0) is 18.4. The normalized spacial score (nSPS) is 48.9. The number of allylic oxidation sites excluding steroid dienone is 1. The van der Waals surface area contributed by atoms with Crippen molar-refractivity contribution in [2.75, 3.05) is 0 Å². The van der Waals surface area contributed by atoms with Crippen LogP contribution in [0.4, 0.5) is 0 Å². The molecule has 0 N–H and O–H groups in total. The molecule has 3 unspecified atom stereocenters. The van der Waals surface area contributed by atoms with Gasteiger partial charge in [-0.1, -0.05) is 12.5 Å². The first-order chi connectivity index (χ1) is 13.0. The highest BCUT2D eigenvalue weighted by molar-refractivity contribution is 5.91. The Morgan fingerprint density at radius 1 is 1.07 bits per heavy atom. The predicted octanol–water partition coefficient (Wildman–Crippen LogP) is 4.76. The molecule has 4 saturated carbocycles. The van der Waals surface area contributed by atoms with Crippen molar-refractivity contribution >= 4 is 11.8 Å². The minimum Gasteiger partial charge on any atom is -0.450 e. The van der Waals surface area contributed by atoms with Crippen LogP contribution in [0, 0.1) is 34.5 Å². The Hall–Kier alpha value is -1.38. The lowest BCUT2D eigenvalue weighted by molar-refractivity contribution is -0.172. The molecule has 0 radical (unpaired) electrons. The van der Waals surface area contributed by atoms with Gasteiger partial charge < -0.3 is 4.74 Å². The fourth-order valence-electron chi connectivity index (χ4n) is 8.70. The number of fused-ring (bicyclic) bond motifs is 7. The average molecular weight is 367 g/mol. The van der Waals surface area contributed by atoms with Crippen LogP contribution in [0.3, 0.4) is 0 Å². The summed E-state index contributed by atoms with van der Waals surface area (Å²) in [5, 5.41) is 0. The third kappa shape index (κ3) is 1.85. The van der Waals surface area contributed by atoms with Gasteiger partial charge in [-0.3, -0.25) is 4.79 Å². The topological polar surface area (TPSA) is 43.4 Å². The molecule has 5 aliphatic carbocycles. The second-order valence-electron chi connectivity index (χ2n) is 10.3. The highest BCUT2D eigenvalue weighted by Crippen LogP contribution is 2.79. The molecule has 4 fully saturated rings. The van der Waals surface area contributed by atoms with Gasteiger partial charge in [-0.05, 0) is 93.6 Å². The van der Waals surface area contributed by atoms with Gasteiger partial charge >= 0.3 is 5.97 Å². The lowest BCUT2D eigenvalue weighted by Crippen LogP contribution is -2.55. The van der Waals surface area contributed by atoms with E-state index in [9.17, 15) is 9.59 Å². The molecule has 0 amide bonds. The summed E-state index contributed by atoms with van der Waals surface area (Å²) in [7, 11) is 0. The minimum absolute atomic E-state index is 0.114. The summed E-state index contributed by atoms with van der Waals surface area (Å²) >= 11 is 0. The molecular formula is C24H30O3. The summed E-state index contributed by atoms with van der Waals surface area (Å²) in [5.74, 6) is 3.05. The van der Waals surface area contributed by atoms with Crippen LogP contribution >= 0.6 is 0 Å². The standard InChI is InChI=1S/C24H30O3/c1-2-23-9-7-18-17-6-4-16(25)13-15(17)3-5-19(18)20(23)14-22(11-12-22)24(23)10-8-21(26)27-24/h8,10,13,17-20H,2-7,9,11-12,14H2,1H3/t17-,18?,19?,20?,23-,24-/m0/s1. The molecule has 144 valence electrons. The van der Waals surface area contributed by atoms with Crippen LogP contribution in [-0.4, -0.2) is 17.4 Å². The van der Waals surface area contributed by atoms with Crippen molar-refractivity contribution in [2.24, 2.45) is 34.5 Å². The van der Waals surface area contributed by atoms with E-state index in [1.165, 1.54) is 44.1 Å². The lowest BCUT2D eigenvalue weighted by atomic mass is 9.49. The van der Waals surface area contributed by atoms with Gasteiger partial charge in [0.15, 0.2) is 5.78 Å². The number of ketones is 1. The fraction of sp³-hybridized carbons (Fsp3) is 0.750. The molecular weight excluding hydrogens is 336 g/mol. The van der Waals surface area contributed by atoms with Gasteiger partial charge in [0.05, 0.1) is 0 Å². The Kier molecular flexibility index (Phi) is 3.16. The van der Waals surface area contributed by atoms with Gasteiger partial charge in [-0.2, -0.15) is 0 Å². The number of hydrogen-bond acceptors (Lipinski definition) is 3. The number of carbonyl (C=O) groups excluding carboxylic acids is 2. The molecule has 6 atom stereocenters. The van der Waals surface area contributed by atoms with Crippen LogP contribution in [0.25, 0.3) is 0 Å². The molecule has 3 heteroatoms. The molecule has 6 aliphatic rings. The Morgan fingerprint density at radius 3 is 2.63 bits per heavy atom. The van der Waals surface area contributed by atoms with Crippen LogP contribution in [0.1, 0.15) is 71.1 Å². The van der Waals surface area contributed by atoms with Crippen molar-refractivity contribution in [3.8, 4) is 0 Å². The molecule has 0 bridgehead atoms. The highest BCUT2D eigenvalue weighted by Gasteiger charge is 2.78. The monoisotopic (exact) mass is 366 g/mol. The molecule has 6 rings (SSSR count). The van der Waals surface area contributed by atoms with Crippen molar-refractivity contribution < 1.29 is 14.3 Å². The van der Waals surface area contributed by atoms with Crippen LogP contribution in [-0.2, 0) is 14.3 Å². The van der Waals surface area contributed by atoms with E-state index >= 15 is 0 Å². The number of hydrogen-bond donors (Lipinski definition) is 0. The van der Waals surface area contributed by atoms with Gasteiger partial charge in [0.1, 0.15) is 5.60 Å². The fourth-order valence-corrected chi connectivity index (χ4v) is 8.70. The largest absolute Gasteiger partial charge is 0.450 e. The van der Waals surface area contributed by atoms with Crippen molar-refractivity contribution in [3.63, 3.8) is 0 Å². The van der Waals surface area contributed by atoms with Crippen molar-refractivity contribution in [2.45, 2.75) is 76.7 Å². The maximum Gasteiger partial charge on any atom is 0.331 e. The highest BCUT2D eigenvalue weighted by atomic mass is 16.6. The second kappa shape index (κ2) is 5.15. The van der Waals surface area contributed by atoms with Crippen LogP contribution in [0.2, 0.25) is 0 Å². The van der Waals surface area contributed by atoms with E-state index in [0.717, 1.165) is 37.5 Å². The summed E-state index contributed by atoms with van der Waals surface area (Å²) in [5.41, 5.74) is 1.50. The van der Waals surface area contributed by atoms with Crippen LogP contribution in [0.5, 0.6) is 0 Å². The van der Waals surface area contributed by atoms with E-state index in [2.05, 4.69) is 13.0 Å². The van der Waals surface area contributed by atoms with Gasteiger partial charge in [-0.15, -0.1) is 0 Å². The summed E-state index contributed by atoms with van der Waals surface area (Å²) in [6.07, 6.45) is 17.3. The third-order valence-electron chi connectivity index (χ3n) is 9.85. The first kappa shape index (κ1) is 16.6. The predicted molar refractivity (Wildman–Crippen MR) is 102 cm³/mol. The van der Waals surface area contributed by atoms with E-state index in [-0.39, 0.29) is 22.4 Å². The summed E-state index contributed by atoms with van der Waals surface area (Å²) in [6, 6.07) is 0. The van der Waals surface area contributed by atoms with Gasteiger partial charge in [0.2, 0.25) is 0 Å². The molecule has 0 saturated heterocycles. The zero-order valence-corrected chi connectivity index (χ0v) is 16.3. The molecule has 1 heterocycles. The third-order valence-corrected chi connectivity index (χ3v) is 9.85. The average Bonchev–Trinajstić information content (AvgIpc) is 3.28. The first-order valence-corrected chi connectivity index (χ1v) is 11.2.